The van der Waals surface area contributed by atoms with Gasteiger partial charge in [0.15, 0.2) is 0 Å². The molecule has 78 valence electrons. The lowest BCUT2D eigenvalue weighted by Crippen LogP contribution is -2.31. The first-order valence-corrected chi connectivity index (χ1v) is 4.90. The number of hydrogen-bond acceptors (Lipinski definition) is 4. The van der Waals surface area contributed by atoms with E-state index < -0.39 is 0 Å². The van der Waals surface area contributed by atoms with Crippen molar-refractivity contribution in [1.29, 1.82) is 0 Å². The first-order chi connectivity index (χ1) is 6.70. The van der Waals surface area contributed by atoms with Crippen LogP contribution < -0.4 is 5.32 Å². The second kappa shape index (κ2) is 5.54. The number of nitrogens with zero attached hydrogens (tertiary/aromatic N) is 3. The molecule has 0 saturated carbocycles. The molecule has 0 spiro atoms. The number of likely N-dealkylation sites (N-methyl/N-ethyl adjacent to an activating group) is 1. The molecule has 1 N–H and O–H groups in total. The highest BCUT2D eigenvalue weighted by Crippen LogP contribution is 1.97. The molecule has 0 amide bonds. The molecule has 0 aliphatic heterocycles. The molecule has 0 saturated heterocycles. The quantitative estimate of drug-likeness (QED) is 0.765. The summed E-state index contributed by atoms with van der Waals surface area (Å²) in [5.74, 6) is 0.838. The standard InChI is InChI=1S/C10H18N4/c1-9(2)14(3)7-6-13-10-8-11-4-5-12-10/h4-5,8-9H,6-7H2,1-3H3,(H,12,13). The third-order valence-corrected chi connectivity index (χ3v) is 2.22. The van der Waals surface area contributed by atoms with E-state index in [1.165, 1.54) is 0 Å². The zero-order valence-corrected chi connectivity index (χ0v) is 9.07. The highest BCUT2D eigenvalue weighted by atomic mass is 15.1. The van der Waals surface area contributed by atoms with Crippen LogP contribution in [0.15, 0.2) is 18.6 Å². The normalized spacial score (nSPS) is 10.9. The summed E-state index contributed by atoms with van der Waals surface area (Å²) >= 11 is 0. The monoisotopic (exact) mass is 194 g/mol. The molecule has 0 aliphatic carbocycles. The van der Waals surface area contributed by atoms with Gasteiger partial charge in [-0.05, 0) is 20.9 Å². The van der Waals surface area contributed by atoms with Gasteiger partial charge >= 0.3 is 0 Å². The van der Waals surface area contributed by atoms with Gasteiger partial charge in [-0.1, -0.05) is 0 Å². The van der Waals surface area contributed by atoms with Crippen LogP contribution in [-0.4, -0.2) is 41.0 Å². The van der Waals surface area contributed by atoms with Crippen molar-refractivity contribution < 1.29 is 0 Å². The van der Waals surface area contributed by atoms with Gasteiger partial charge in [-0.2, -0.15) is 0 Å². The van der Waals surface area contributed by atoms with Gasteiger partial charge in [-0.25, -0.2) is 4.98 Å². The Morgan fingerprint density at radius 3 is 2.79 bits per heavy atom. The Morgan fingerprint density at radius 1 is 1.43 bits per heavy atom. The second-order valence-electron chi connectivity index (χ2n) is 3.59. The highest BCUT2D eigenvalue weighted by molar-refractivity contribution is 5.29. The maximum absolute atomic E-state index is 4.13. The fourth-order valence-electron chi connectivity index (χ4n) is 1.01. The van der Waals surface area contributed by atoms with E-state index in [1.54, 1.807) is 18.6 Å². The smallest absolute Gasteiger partial charge is 0.144 e. The van der Waals surface area contributed by atoms with Crippen LogP contribution in [0.2, 0.25) is 0 Å². The molecule has 0 atom stereocenters. The SMILES string of the molecule is CC(C)N(C)CCNc1cnccn1. The molecule has 14 heavy (non-hydrogen) atoms. The number of aromatic nitrogens is 2. The fourth-order valence-corrected chi connectivity index (χ4v) is 1.01. The van der Waals surface area contributed by atoms with Gasteiger partial charge < -0.3 is 10.2 Å². The fraction of sp³-hybridized carbons (Fsp3) is 0.600. The van der Waals surface area contributed by atoms with Crippen LogP contribution in [0, 0.1) is 0 Å². The third kappa shape index (κ3) is 3.70. The summed E-state index contributed by atoms with van der Waals surface area (Å²) in [7, 11) is 2.11. The highest BCUT2D eigenvalue weighted by Gasteiger charge is 2.01. The zero-order valence-electron chi connectivity index (χ0n) is 9.07. The van der Waals surface area contributed by atoms with Gasteiger partial charge in [0, 0.05) is 31.5 Å². The number of hydrogen-bond donors (Lipinski definition) is 1. The predicted molar refractivity (Wildman–Crippen MR) is 58.3 cm³/mol. The average Bonchev–Trinajstić information content (AvgIpc) is 2.19. The third-order valence-electron chi connectivity index (χ3n) is 2.22. The summed E-state index contributed by atoms with van der Waals surface area (Å²) in [6.07, 6.45) is 5.09. The van der Waals surface area contributed by atoms with Gasteiger partial charge in [-0.3, -0.25) is 4.98 Å². The molecule has 4 heteroatoms. The lowest BCUT2D eigenvalue weighted by Gasteiger charge is -2.20. The topological polar surface area (TPSA) is 41.0 Å². The van der Waals surface area contributed by atoms with Crippen molar-refractivity contribution in [2.24, 2.45) is 0 Å². The molecule has 1 aromatic rings. The van der Waals surface area contributed by atoms with E-state index in [1.807, 2.05) is 0 Å². The first-order valence-electron chi connectivity index (χ1n) is 4.90. The van der Waals surface area contributed by atoms with Gasteiger partial charge in [0.1, 0.15) is 5.82 Å². The molecule has 1 aromatic heterocycles. The van der Waals surface area contributed by atoms with E-state index in [0.717, 1.165) is 18.9 Å². The Hall–Kier alpha value is -1.16. The molecule has 0 unspecified atom stereocenters. The lowest BCUT2D eigenvalue weighted by molar-refractivity contribution is 0.284. The van der Waals surface area contributed by atoms with Crippen LogP contribution in [0.4, 0.5) is 5.82 Å². The Kier molecular flexibility index (Phi) is 4.32. The van der Waals surface area contributed by atoms with Crippen LogP contribution in [0.1, 0.15) is 13.8 Å². The number of nitrogens with one attached hydrogen (secondary N) is 1. The summed E-state index contributed by atoms with van der Waals surface area (Å²) in [4.78, 5) is 10.4. The molecule has 1 heterocycles. The van der Waals surface area contributed by atoms with Gasteiger partial charge in [0.2, 0.25) is 0 Å². The Balaban J connectivity index is 2.22. The van der Waals surface area contributed by atoms with Crippen LogP contribution >= 0.6 is 0 Å². The minimum atomic E-state index is 0.582. The van der Waals surface area contributed by atoms with E-state index in [0.29, 0.717) is 6.04 Å². The van der Waals surface area contributed by atoms with Crippen molar-refractivity contribution in [1.82, 2.24) is 14.9 Å². The van der Waals surface area contributed by atoms with Gasteiger partial charge in [0.25, 0.3) is 0 Å². The molecule has 4 nitrogen and oxygen atoms in total. The number of anilines is 1. The van der Waals surface area contributed by atoms with Crippen molar-refractivity contribution >= 4 is 5.82 Å². The largest absolute Gasteiger partial charge is 0.368 e. The van der Waals surface area contributed by atoms with E-state index in [2.05, 4.69) is 41.1 Å². The molecule has 0 bridgehead atoms. The maximum atomic E-state index is 4.13. The summed E-state index contributed by atoms with van der Waals surface area (Å²) in [5, 5.41) is 3.22. The Morgan fingerprint density at radius 2 is 2.21 bits per heavy atom. The average molecular weight is 194 g/mol. The van der Waals surface area contributed by atoms with Crippen LogP contribution in [0.5, 0.6) is 0 Å². The summed E-state index contributed by atoms with van der Waals surface area (Å²) < 4.78 is 0. The molecule has 1 rings (SSSR count). The predicted octanol–water partition coefficient (Wildman–Crippen LogP) is 1.23. The van der Waals surface area contributed by atoms with Gasteiger partial charge in [-0.15, -0.1) is 0 Å². The first kappa shape index (κ1) is 10.9. The lowest BCUT2D eigenvalue weighted by atomic mass is 10.3. The Bertz CT molecular complexity index is 248. The van der Waals surface area contributed by atoms with Gasteiger partial charge in [0.05, 0.1) is 6.20 Å². The van der Waals surface area contributed by atoms with Crippen molar-refractivity contribution in [3.8, 4) is 0 Å². The van der Waals surface area contributed by atoms with Crippen LogP contribution in [-0.2, 0) is 0 Å². The summed E-state index contributed by atoms with van der Waals surface area (Å²) in [5.41, 5.74) is 0. The molecular formula is C10H18N4. The van der Waals surface area contributed by atoms with E-state index in [-0.39, 0.29) is 0 Å². The van der Waals surface area contributed by atoms with Crippen molar-refractivity contribution in [2.75, 3.05) is 25.5 Å². The maximum Gasteiger partial charge on any atom is 0.144 e. The molecule has 0 aromatic carbocycles. The number of rotatable bonds is 5. The van der Waals surface area contributed by atoms with E-state index in [4.69, 9.17) is 0 Å². The van der Waals surface area contributed by atoms with Crippen LogP contribution in [0.25, 0.3) is 0 Å². The second-order valence-corrected chi connectivity index (χ2v) is 3.59. The van der Waals surface area contributed by atoms with Crippen molar-refractivity contribution in [2.45, 2.75) is 19.9 Å². The molecule has 0 radical (unpaired) electrons. The minimum absolute atomic E-state index is 0.582. The molecular weight excluding hydrogens is 176 g/mol. The summed E-state index contributed by atoms with van der Waals surface area (Å²) in [6.45, 7) is 6.27. The minimum Gasteiger partial charge on any atom is -0.368 e. The van der Waals surface area contributed by atoms with Crippen molar-refractivity contribution in [3.63, 3.8) is 0 Å². The Labute approximate surface area is 85.4 Å². The molecule has 0 fully saturated rings. The van der Waals surface area contributed by atoms with E-state index >= 15 is 0 Å². The molecule has 0 aliphatic rings. The van der Waals surface area contributed by atoms with E-state index in [9.17, 15) is 0 Å². The zero-order chi connectivity index (χ0) is 10.4. The summed E-state index contributed by atoms with van der Waals surface area (Å²) in [6, 6.07) is 0.582. The van der Waals surface area contributed by atoms with Crippen LogP contribution in [0.3, 0.4) is 0 Å². The van der Waals surface area contributed by atoms with Crippen molar-refractivity contribution in [3.05, 3.63) is 18.6 Å².